The molecule has 6 heteroatoms. The lowest BCUT2D eigenvalue weighted by molar-refractivity contribution is -0.166. The van der Waals surface area contributed by atoms with Gasteiger partial charge in [0.2, 0.25) is 5.91 Å². The third kappa shape index (κ3) is 2.96. The van der Waals surface area contributed by atoms with Gasteiger partial charge in [-0.25, -0.2) is 4.79 Å². The van der Waals surface area contributed by atoms with Crippen molar-refractivity contribution in [3.05, 3.63) is 29.8 Å². The quantitative estimate of drug-likeness (QED) is 0.809. The number of benzene rings is 1. The smallest absolute Gasteiger partial charge is 0.337 e. The summed E-state index contributed by atoms with van der Waals surface area (Å²) in [6.07, 6.45) is 0.463. The fourth-order valence-corrected chi connectivity index (χ4v) is 2.87. The number of hydrogen-bond acceptors (Lipinski definition) is 5. The van der Waals surface area contributed by atoms with Gasteiger partial charge in [-0.3, -0.25) is 4.79 Å². The second-order valence-corrected chi connectivity index (χ2v) is 6.36. The van der Waals surface area contributed by atoms with Crippen molar-refractivity contribution in [2.75, 3.05) is 19.0 Å². The van der Waals surface area contributed by atoms with Crippen LogP contribution in [0, 0.1) is 5.41 Å². The van der Waals surface area contributed by atoms with Gasteiger partial charge in [-0.15, -0.1) is 0 Å². The number of carbonyl (C=O) groups excluding carboxylic acids is 2. The number of nitrogens with one attached hydrogen (secondary N) is 1. The van der Waals surface area contributed by atoms with Gasteiger partial charge in [0.15, 0.2) is 0 Å². The van der Waals surface area contributed by atoms with E-state index in [9.17, 15) is 9.59 Å². The molecule has 126 valence electrons. The van der Waals surface area contributed by atoms with Crippen LogP contribution >= 0.6 is 0 Å². The highest BCUT2D eigenvalue weighted by Crippen LogP contribution is 2.50. The van der Waals surface area contributed by atoms with Crippen LogP contribution in [0.2, 0.25) is 0 Å². The first-order chi connectivity index (χ1) is 10.8. The molecule has 0 aromatic heterocycles. The van der Waals surface area contributed by atoms with Crippen LogP contribution < -0.4 is 11.1 Å². The summed E-state index contributed by atoms with van der Waals surface area (Å²) in [6, 6.07) is 6.50. The van der Waals surface area contributed by atoms with E-state index >= 15 is 0 Å². The first kappa shape index (κ1) is 17.4. The summed E-state index contributed by atoms with van der Waals surface area (Å²) < 4.78 is 10.3. The fraction of sp³-hybridized carbons (Fsp3) is 0.529. The standard InChI is InChI=1S/C17H24N2O4/c1-5-23-13-10-17(18,16(13,2)3)15(21)19-12-8-6-11(7-9-12)14(20)22-4/h6-9,13H,5,10,18H2,1-4H3,(H,19,21). The Morgan fingerprint density at radius 2 is 1.91 bits per heavy atom. The van der Waals surface area contributed by atoms with E-state index in [1.165, 1.54) is 7.11 Å². The van der Waals surface area contributed by atoms with Crippen LogP contribution in [0.5, 0.6) is 0 Å². The number of carbonyl (C=O) groups is 2. The summed E-state index contributed by atoms with van der Waals surface area (Å²) in [7, 11) is 1.32. The first-order valence-electron chi connectivity index (χ1n) is 7.66. The van der Waals surface area contributed by atoms with Crippen LogP contribution in [0.3, 0.4) is 0 Å². The highest BCUT2D eigenvalue weighted by molar-refractivity contribution is 6.00. The summed E-state index contributed by atoms with van der Waals surface area (Å²) >= 11 is 0. The molecule has 23 heavy (non-hydrogen) atoms. The Balaban J connectivity index is 2.06. The Morgan fingerprint density at radius 3 is 2.39 bits per heavy atom. The molecule has 1 aliphatic carbocycles. The van der Waals surface area contributed by atoms with E-state index in [4.69, 9.17) is 10.5 Å². The average Bonchev–Trinajstić information content (AvgIpc) is 2.54. The van der Waals surface area contributed by atoms with Crippen molar-refractivity contribution in [2.24, 2.45) is 11.1 Å². The number of esters is 1. The van der Waals surface area contributed by atoms with Crippen molar-refractivity contribution >= 4 is 17.6 Å². The second-order valence-electron chi connectivity index (χ2n) is 6.36. The molecule has 2 rings (SSSR count). The largest absolute Gasteiger partial charge is 0.465 e. The van der Waals surface area contributed by atoms with Crippen molar-refractivity contribution in [3.63, 3.8) is 0 Å². The molecule has 0 heterocycles. The van der Waals surface area contributed by atoms with Crippen molar-refractivity contribution in [1.29, 1.82) is 0 Å². The summed E-state index contributed by atoms with van der Waals surface area (Å²) in [5.74, 6) is -0.665. The van der Waals surface area contributed by atoms with Crippen LogP contribution in [0.1, 0.15) is 37.6 Å². The first-order valence-corrected chi connectivity index (χ1v) is 7.66. The van der Waals surface area contributed by atoms with Crippen LogP contribution in [-0.4, -0.2) is 37.2 Å². The van der Waals surface area contributed by atoms with E-state index in [0.717, 1.165) is 0 Å². The van der Waals surface area contributed by atoms with E-state index < -0.39 is 16.9 Å². The zero-order chi connectivity index (χ0) is 17.3. The number of ether oxygens (including phenoxy) is 2. The summed E-state index contributed by atoms with van der Waals surface area (Å²) in [5.41, 5.74) is 5.91. The lowest BCUT2D eigenvalue weighted by Gasteiger charge is -2.57. The predicted molar refractivity (Wildman–Crippen MR) is 87.1 cm³/mol. The Kier molecular flexibility index (Phi) is 4.77. The minimum absolute atomic E-state index is 0.0232. The maximum atomic E-state index is 12.6. The molecule has 0 saturated heterocycles. The molecule has 2 atom stereocenters. The molecule has 0 bridgehead atoms. The van der Waals surface area contributed by atoms with Gasteiger partial charge in [0.05, 0.1) is 18.8 Å². The highest BCUT2D eigenvalue weighted by Gasteiger charge is 2.62. The van der Waals surface area contributed by atoms with Crippen molar-refractivity contribution in [2.45, 2.75) is 38.8 Å². The maximum Gasteiger partial charge on any atom is 0.337 e. The molecule has 0 aliphatic heterocycles. The molecular formula is C17H24N2O4. The Bertz CT molecular complexity index is 597. The third-order valence-electron chi connectivity index (χ3n) is 4.80. The highest BCUT2D eigenvalue weighted by atomic mass is 16.5. The van der Waals surface area contributed by atoms with E-state index in [1.54, 1.807) is 24.3 Å². The molecular weight excluding hydrogens is 296 g/mol. The Morgan fingerprint density at radius 1 is 1.30 bits per heavy atom. The zero-order valence-electron chi connectivity index (χ0n) is 14.0. The Labute approximate surface area is 136 Å². The molecule has 1 aromatic rings. The number of amides is 1. The normalized spacial score (nSPS) is 25.3. The number of methoxy groups -OCH3 is 1. The number of anilines is 1. The van der Waals surface area contributed by atoms with Crippen LogP contribution in [-0.2, 0) is 14.3 Å². The molecule has 2 unspecified atom stereocenters. The molecule has 1 amide bonds. The number of rotatable bonds is 5. The maximum absolute atomic E-state index is 12.6. The van der Waals surface area contributed by atoms with Gasteiger partial charge in [0.25, 0.3) is 0 Å². The number of hydrogen-bond donors (Lipinski definition) is 2. The molecule has 1 fully saturated rings. The fourth-order valence-electron chi connectivity index (χ4n) is 2.87. The lowest BCUT2D eigenvalue weighted by Crippen LogP contribution is -2.74. The van der Waals surface area contributed by atoms with Crippen LogP contribution in [0.4, 0.5) is 5.69 Å². The van der Waals surface area contributed by atoms with Gasteiger partial charge in [0, 0.05) is 24.1 Å². The SMILES string of the molecule is CCOC1CC(N)(C(=O)Nc2ccc(C(=O)OC)cc2)C1(C)C. The molecule has 1 saturated carbocycles. The molecule has 0 radical (unpaired) electrons. The predicted octanol–water partition coefficient (Wildman–Crippen LogP) is 1.94. The van der Waals surface area contributed by atoms with Gasteiger partial charge in [-0.2, -0.15) is 0 Å². The monoisotopic (exact) mass is 320 g/mol. The molecule has 3 N–H and O–H groups in total. The van der Waals surface area contributed by atoms with E-state index in [2.05, 4.69) is 10.1 Å². The van der Waals surface area contributed by atoms with Gasteiger partial charge < -0.3 is 20.5 Å². The lowest BCUT2D eigenvalue weighted by atomic mass is 9.54. The van der Waals surface area contributed by atoms with E-state index in [0.29, 0.717) is 24.3 Å². The third-order valence-corrected chi connectivity index (χ3v) is 4.80. The Hall–Kier alpha value is -1.92. The van der Waals surface area contributed by atoms with E-state index in [-0.39, 0.29) is 12.0 Å². The topological polar surface area (TPSA) is 90.6 Å². The molecule has 1 aromatic carbocycles. The van der Waals surface area contributed by atoms with Crippen LogP contribution in [0.15, 0.2) is 24.3 Å². The summed E-state index contributed by atoms with van der Waals surface area (Å²) in [6.45, 7) is 6.41. The van der Waals surface area contributed by atoms with Gasteiger partial charge >= 0.3 is 5.97 Å². The minimum Gasteiger partial charge on any atom is -0.465 e. The van der Waals surface area contributed by atoms with Gasteiger partial charge in [-0.05, 0) is 31.2 Å². The van der Waals surface area contributed by atoms with Gasteiger partial charge in [-0.1, -0.05) is 13.8 Å². The van der Waals surface area contributed by atoms with Crippen molar-refractivity contribution < 1.29 is 19.1 Å². The number of nitrogens with two attached hydrogens (primary N) is 1. The average molecular weight is 320 g/mol. The summed E-state index contributed by atoms with van der Waals surface area (Å²) in [5, 5.41) is 2.82. The van der Waals surface area contributed by atoms with E-state index in [1.807, 2.05) is 20.8 Å². The summed E-state index contributed by atoms with van der Waals surface area (Å²) in [4.78, 5) is 24.0. The second kappa shape index (κ2) is 6.29. The molecule has 1 aliphatic rings. The van der Waals surface area contributed by atoms with Crippen molar-refractivity contribution in [3.8, 4) is 0 Å². The minimum atomic E-state index is -0.978. The van der Waals surface area contributed by atoms with Gasteiger partial charge in [0.1, 0.15) is 5.54 Å². The van der Waals surface area contributed by atoms with Crippen LogP contribution in [0.25, 0.3) is 0 Å². The zero-order valence-corrected chi connectivity index (χ0v) is 14.0. The molecule has 6 nitrogen and oxygen atoms in total. The molecule has 0 spiro atoms. The van der Waals surface area contributed by atoms with Crippen molar-refractivity contribution in [1.82, 2.24) is 0 Å².